The van der Waals surface area contributed by atoms with Crippen molar-refractivity contribution in [3.05, 3.63) is 0 Å². The van der Waals surface area contributed by atoms with Gasteiger partial charge in [0, 0.05) is 0 Å². The van der Waals surface area contributed by atoms with E-state index in [-0.39, 0.29) is 19.5 Å². The van der Waals surface area contributed by atoms with Crippen LogP contribution in [0, 0.1) is 0 Å². The molecule has 0 atom stereocenters. The Morgan fingerprint density at radius 2 is 1.11 bits per heavy atom. The molecule has 0 aromatic rings. The van der Waals surface area contributed by atoms with Crippen molar-refractivity contribution in [2.24, 2.45) is 0 Å². The molecule has 0 saturated carbocycles. The van der Waals surface area contributed by atoms with Crippen LogP contribution in [0.5, 0.6) is 0 Å². The van der Waals surface area contributed by atoms with Gasteiger partial charge in [0.2, 0.25) is 0 Å². The molecule has 0 fully saturated rings. The molecule has 0 rings (SSSR count). The van der Waals surface area contributed by atoms with Crippen molar-refractivity contribution in [2.75, 3.05) is 0 Å². The molecular weight excluding hydrogens is 399 g/mol. The molecule has 0 aromatic heterocycles. The minimum atomic E-state index is -4.29. The first-order valence-corrected chi connectivity index (χ1v) is 8.48. The summed E-state index contributed by atoms with van der Waals surface area (Å²) in [4.78, 5) is 0. The Kier molecular flexibility index (Phi) is 23.3. The molecule has 0 unspecified atom stereocenters. The van der Waals surface area contributed by atoms with Crippen LogP contribution in [0.2, 0.25) is 0 Å². The van der Waals surface area contributed by atoms with Crippen molar-refractivity contribution >= 4 is 41.1 Å². The normalized spacial score (nSPS) is 5.78. The number of rotatable bonds is 0. The molecule has 0 radical (unpaired) electrons. The van der Waals surface area contributed by atoms with Gasteiger partial charge in [0.05, 0.1) is 0 Å². The predicted octanol–water partition coefficient (Wildman–Crippen LogP) is -4.49. The van der Waals surface area contributed by atoms with E-state index >= 15 is 0 Å². The second-order valence-corrected chi connectivity index (χ2v) is 3.57. The maximum atomic E-state index is 8.84. The summed E-state index contributed by atoms with van der Waals surface area (Å²) in [5.74, 6) is 0. The van der Waals surface area contributed by atoms with Crippen LogP contribution in [0.3, 0.4) is 0 Å². The quantitative estimate of drug-likeness (QED) is 0.395. The Morgan fingerprint density at radius 1 is 1.11 bits per heavy atom. The zero-order valence-electron chi connectivity index (χ0n) is 4.23. The topological polar surface area (TPSA) is 121 Å². The Bertz CT molecular complexity index is 69.1. The fourth-order valence-corrected chi connectivity index (χ4v) is 0. The van der Waals surface area contributed by atoms with Gasteiger partial charge in [0.15, 0.2) is 0 Å². The molecule has 0 heterocycles. The summed E-state index contributed by atoms with van der Waals surface area (Å²) in [6, 6.07) is 0. The average molecular weight is 401 g/mol. The molecule has 6 nitrogen and oxygen atoms in total. The van der Waals surface area contributed by atoms with Gasteiger partial charge in [-0.3, -0.25) is 0 Å². The van der Waals surface area contributed by atoms with Crippen molar-refractivity contribution < 1.29 is 39.4 Å². The van der Waals surface area contributed by atoms with E-state index in [0.717, 1.165) is 0 Å². The van der Waals surface area contributed by atoms with Crippen LogP contribution in [0.1, 0.15) is 0 Å². The Balaban J connectivity index is -0.0000000720. The van der Waals surface area contributed by atoms with Crippen molar-refractivity contribution in [2.45, 2.75) is 0 Å². The maximum Gasteiger partial charge on any atom is 2.00 e. The number of hydrogen-bond acceptors (Lipinski definition) is 4. The van der Waals surface area contributed by atoms with Gasteiger partial charge < -0.3 is 0 Å². The third-order valence-corrected chi connectivity index (χ3v) is 0. The van der Waals surface area contributed by atoms with Gasteiger partial charge in [-0.15, -0.1) is 0 Å². The van der Waals surface area contributed by atoms with Crippen molar-refractivity contribution in [3.63, 3.8) is 0 Å². The van der Waals surface area contributed by atoms with Crippen LogP contribution in [0.25, 0.3) is 0 Å². The van der Waals surface area contributed by atoms with Crippen LogP contribution in [-0.2, 0) is 25.6 Å². The summed E-state index contributed by atoms with van der Waals surface area (Å²) in [5, 5.41) is 0. The van der Waals surface area contributed by atoms with Gasteiger partial charge in [0.1, 0.15) is 0 Å². The molecule has 9 heavy (non-hydrogen) atoms. The Hall–Kier alpha value is 1.66. The summed E-state index contributed by atoms with van der Waals surface area (Å²) >= 11 is -8.09. The first kappa shape index (κ1) is 17.0. The van der Waals surface area contributed by atoms with E-state index in [0.29, 0.717) is 0 Å². The molecule has 0 bridgehead atoms. The largest absolute Gasteiger partial charge is 2.00 e. The molecule has 0 aliphatic rings. The van der Waals surface area contributed by atoms with Crippen molar-refractivity contribution in [1.82, 2.24) is 0 Å². The SMILES string of the molecule is [O]=[Sn]([O-])[O-].[O]=[Sn]([OH])[OH].[Zn+2]. The summed E-state index contributed by atoms with van der Waals surface area (Å²) in [6.45, 7) is 0. The van der Waals surface area contributed by atoms with E-state index in [9.17, 15) is 0 Å². The fourth-order valence-electron chi connectivity index (χ4n) is 0. The minimum Gasteiger partial charge on any atom is 2.00 e. The van der Waals surface area contributed by atoms with Crippen LogP contribution in [0.4, 0.5) is 0 Å². The second-order valence-electron chi connectivity index (χ2n) is 0.533. The third kappa shape index (κ3) is 206. The molecule has 0 aliphatic heterocycles. The van der Waals surface area contributed by atoms with Gasteiger partial charge in [0.25, 0.3) is 0 Å². The molecule has 2 N–H and O–H groups in total. The first-order valence-electron chi connectivity index (χ1n) is 1.26. The average Bonchev–Trinajstić information content (AvgIpc) is 1.25. The first-order chi connectivity index (χ1) is 3.46. The van der Waals surface area contributed by atoms with E-state index < -0.39 is 41.1 Å². The maximum absolute atomic E-state index is 8.84. The molecule has 0 aromatic carbocycles. The molecule has 0 aliphatic carbocycles. The summed E-state index contributed by atoms with van der Waals surface area (Å²) in [7, 11) is 0. The minimum absolute atomic E-state index is 0. The summed E-state index contributed by atoms with van der Waals surface area (Å²) in [5.41, 5.74) is 0. The van der Waals surface area contributed by atoms with Crippen LogP contribution < -0.4 is 6.89 Å². The monoisotopic (exact) mass is 402 g/mol. The van der Waals surface area contributed by atoms with Gasteiger partial charge in [-0.25, -0.2) is 0 Å². The molecule has 0 amide bonds. The van der Waals surface area contributed by atoms with E-state index in [1.165, 1.54) is 0 Å². The zero-order valence-corrected chi connectivity index (χ0v) is 12.9. The number of hydrogen-bond donors (Lipinski definition) is 2. The van der Waals surface area contributed by atoms with E-state index in [2.05, 4.69) is 0 Å². The summed E-state index contributed by atoms with van der Waals surface area (Å²) in [6.07, 6.45) is 0. The van der Waals surface area contributed by atoms with Gasteiger partial charge >= 0.3 is 80.6 Å². The van der Waals surface area contributed by atoms with E-state index in [1.807, 2.05) is 0 Å². The van der Waals surface area contributed by atoms with E-state index in [4.69, 9.17) is 19.9 Å². The van der Waals surface area contributed by atoms with Crippen LogP contribution in [-0.4, -0.2) is 48.0 Å². The second kappa shape index (κ2) is 12.3. The van der Waals surface area contributed by atoms with E-state index in [1.54, 1.807) is 0 Å². The van der Waals surface area contributed by atoms with Crippen LogP contribution in [0.15, 0.2) is 0 Å². The Labute approximate surface area is 79.7 Å². The standard InChI is InChI=1S/2H2O.4O.2Sn.Zn/h2*1H2;;;;;;;/q;;;;2*-1;;2*+2/p-2. The van der Waals surface area contributed by atoms with Crippen molar-refractivity contribution in [3.8, 4) is 0 Å². The smallest absolute Gasteiger partial charge is 2.00 e. The molecule has 48 valence electrons. The fraction of sp³-hybridized carbons (Fsp3) is 0. The van der Waals surface area contributed by atoms with Gasteiger partial charge in [-0.05, 0) is 0 Å². The zero-order chi connectivity index (χ0) is 7.15. The van der Waals surface area contributed by atoms with Gasteiger partial charge in [-0.1, -0.05) is 0 Å². The van der Waals surface area contributed by atoms with Gasteiger partial charge in [-0.2, -0.15) is 0 Å². The van der Waals surface area contributed by atoms with Crippen LogP contribution >= 0.6 is 0 Å². The molecule has 9 heteroatoms. The van der Waals surface area contributed by atoms with Crippen molar-refractivity contribution in [1.29, 1.82) is 0 Å². The predicted molar refractivity (Wildman–Crippen MR) is 17.3 cm³/mol. The molecule has 0 spiro atoms. The molecule has 0 saturated heterocycles. The third-order valence-electron chi connectivity index (χ3n) is 0. The Morgan fingerprint density at radius 3 is 1.11 bits per heavy atom. The summed E-state index contributed by atoms with van der Waals surface area (Å²) < 4.78 is 49.2. The molecular formula is H2O6Sn2Zn.